The molecule has 0 aliphatic rings. The highest BCUT2D eigenvalue weighted by atomic mass is 19.1. The maximum atomic E-state index is 13.3. The molecule has 0 saturated heterocycles. The van der Waals surface area contributed by atoms with Crippen molar-refractivity contribution in [3.05, 3.63) is 42.1 Å². The molecule has 0 fully saturated rings. The van der Waals surface area contributed by atoms with Gasteiger partial charge in [-0.2, -0.15) is 0 Å². The summed E-state index contributed by atoms with van der Waals surface area (Å²) < 4.78 is 13.3. The van der Waals surface area contributed by atoms with Crippen LogP contribution in [0.15, 0.2) is 30.5 Å². The zero-order valence-electron chi connectivity index (χ0n) is 7.50. The number of hydrogen-bond acceptors (Lipinski definition) is 2. The van der Waals surface area contributed by atoms with Gasteiger partial charge in [-0.15, -0.1) is 0 Å². The molecule has 1 heterocycles. The third-order valence-electron chi connectivity index (χ3n) is 1.99. The van der Waals surface area contributed by atoms with Crippen molar-refractivity contribution in [2.45, 2.75) is 6.54 Å². The molecule has 0 atom stereocenters. The molecule has 0 radical (unpaired) electrons. The molecule has 0 spiro atoms. The van der Waals surface area contributed by atoms with E-state index in [4.69, 9.17) is 5.73 Å². The lowest BCUT2D eigenvalue weighted by Gasteiger charge is -1.98. The van der Waals surface area contributed by atoms with Crippen molar-refractivity contribution in [3.8, 4) is 11.3 Å². The van der Waals surface area contributed by atoms with Crippen LogP contribution in [0, 0.1) is 5.82 Å². The molecule has 1 aromatic heterocycles. The fraction of sp³-hybridized carbons (Fsp3) is 0.100. The Morgan fingerprint density at radius 1 is 1.36 bits per heavy atom. The molecule has 1 aromatic carbocycles. The number of nitrogens with one attached hydrogen (secondary N) is 1. The van der Waals surface area contributed by atoms with Gasteiger partial charge in [0.2, 0.25) is 0 Å². The van der Waals surface area contributed by atoms with Crippen molar-refractivity contribution in [2.75, 3.05) is 0 Å². The highest BCUT2D eigenvalue weighted by Crippen LogP contribution is 2.19. The van der Waals surface area contributed by atoms with Crippen LogP contribution in [0.1, 0.15) is 5.82 Å². The summed E-state index contributed by atoms with van der Waals surface area (Å²) in [6.45, 7) is 0.328. The largest absolute Gasteiger partial charge is 0.341 e. The Kier molecular flexibility index (Phi) is 2.28. The minimum atomic E-state index is -0.264. The quantitative estimate of drug-likeness (QED) is 0.758. The van der Waals surface area contributed by atoms with E-state index >= 15 is 0 Å². The van der Waals surface area contributed by atoms with Crippen molar-refractivity contribution in [3.63, 3.8) is 0 Å². The number of hydrogen-bond donors (Lipinski definition) is 2. The van der Waals surface area contributed by atoms with E-state index in [2.05, 4.69) is 9.97 Å². The molecule has 4 heteroatoms. The minimum Gasteiger partial charge on any atom is -0.341 e. The van der Waals surface area contributed by atoms with Crippen LogP contribution in [0.5, 0.6) is 0 Å². The third-order valence-corrected chi connectivity index (χ3v) is 1.99. The SMILES string of the molecule is NCc1ncc(-c2ccccc2F)[nH]1. The first-order valence-corrected chi connectivity index (χ1v) is 4.30. The first kappa shape index (κ1) is 8.90. The van der Waals surface area contributed by atoms with Gasteiger partial charge in [-0.1, -0.05) is 12.1 Å². The molecule has 0 aliphatic heterocycles. The van der Waals surface area contributed by atoms with Crippen molar-refractivity contribution < 1.29 is 4.39 Å². The second-order valence-corrected chi connectivity index (χ2v) is 2.93. The summed E-state index contributed by atoms with van der Waals surface area (Å²) >= 11 is 0. The minimum absolute atomic E-state index is 0.264. The number of rotatable bonds is 2. The molecule has 0 bridgehead atoms. The van der Waals surface area contributed by atoms with Crippen LogP contribution < -0.4 is 5.73 Å². The van der Waals surface area contributed by atoms with E-state index in [0.717, 1.165) is 0 Å². The predicted octanol–water partition coefficient (Wildman–Crippen LogP) is 1.67. The Hall–Kier alpha value is -1.68. The van der Waals surface area contributed by atoms with Crippen molar-refractivity contribution in [2.24, 2.45) is 5.73 Å². The summed E-state index contributed by atoms with van der Waals surface area (Å²) in [4.78, 5) is 6.95. The molecule has 0 saturated carbocycles. The Morgan fingerprint density at radius 3 is 2.79 bits per heavy atom. The molecule has 0 unspecified atom stereocenters. The fourth-order valence-electron chi connectivity index (χ4n) is 1.28. The average Bonchev–Trinajstić information content (AvgIpc) is 2.67. The van der Waals surface area contributed by atoms with Crippen LogP contribution in [0.25, 0.3) is 11.3 Å². The molecular formula is C10H10FN3. The molecule has 2 aromatic rings. The summed E-state index contributed by atoms with van der Waals surface area (Å²) in [6.07, 6.45) is 1.58. The van der Waals surface area contributed by atoms with Gasteiger partial charge in [0, 0.05) is 5.56 Å². The van der Waals surface area contributed by atoms with Crippen molar-refractivity contribution >= 4 is 0 Å². The van der Waals surface area contributed by atoms with E-state index in [0.29, 0.717) is 23.6 Å². The van der Waals surface area contributed by atoms with Gasteiger partial charge in [0.25, 0.3) is 0 Å². The van der Waals surface area contributed by atoms with Gasteiger partial charge in [0.1, 0.15) is 11.6 Å². The fourth-order valence-corrected chi connectivity index (χ4v) is 1.28. The average molecular weight is 191 g/mol. The maximum Gasteiger partial charge on any atom is 0.132 e. The number of aromatic amines is 1. The third kappa shape index (κ3) is 1.52. The molecule has 72 valence electrons. The standard InChI is InChI=1S/C10H10FN3/c11-8-4-2-1-3-7(8)9-6-13-10(5-12)14-9/h1-4,6H,5,12H2,(H,13,14). The topological polar surface area (TPSA) is 54.7 Å². The molecule has 14 heavy (non-hydrogen) atoms. The molecule has 0 aliphatic carbocycles. The first-order chi connectivity index (χ1) is 6.81. The second kappa shape index (κ2) is 3.59. The van der Waals surface area contributed by atoms with E-state index in [1.807, 2.05) is 0 Å². The van der Waals surface area contributed by atoms with Crippen molar-refractivity contribution in [1.29, 1.82) is 0 Å². The van der Waals surface area contributed by atoms with Crippen molar-refractivity contribution in [1.82, 2.24) is 9.97 Å². The summed E-state index contributed by atoms with van der Waals surface area (Å²) in [6, 6.07) is 6.54. The summed E-state index contributed by atoms with van der Waals surface area (Å²) in [7, 11) is 0. The van der Waals surface area contributed by atoms with Gasteiger partial charge in [0.15, 0.2) is 0 Å². The smallest absolute Gasteiger partial charge is 0.132 e. The van der Waals surface area contributed by atoms with Crippen LogP contribution >= 0.6 is 0 Å². The summed E-state index contributed by atoms with van der Waals surface area (Å²) in [5.41, 5.74) is 6.56. The van der Waals surface area contributed by atoms with Gasteiger partial charge in [0.05, 0.1) is 18.4 Å². The van der Waals surface area contributed by atoms with E-state index in [-0.39, 0.29) is 5.82 Å². The second-order valence-electron chi connectivity index (χ2n) is 2.93. The number of nitrogens with two attached hydrogens (primary N) is 1. The normalized spacial score (nSPS) is 10.4. The predicted molar refractivity (Wildman–Crippen MR) is 51.9 cm³/mol. The molecule has 2 rings (SSSR count). The van der Waals surface area contributed by atoms with Crippen LogP contribution in [-0.4, -0.2) is 9.97 Å². The molecular weight excluding hydrogens is 181 g/mol. The highest BCUT2D eigenvalue weighted by Gasteiger charge is 2.06. The molecule has 3 nitrogen and oxygen atoms in total. The van der Waals surface area contributed by atoms with Crippen LogP contribution in [0.3, 0.4) is 0 Å². The lowest BCUT2D eigenvalue weighted by Crippen LogP contribution is -1.97. The van der Waals surface area contributed by atoms with E-state index in [1.54, 1.807) is 24.4 Å². The maximum absolute atomic E-state index is 13.3. The Labute approximate surface area is 80.8 Å². The zero-order valence-corrected chi connectivity index (χ0v) is 7.50. The van der Waals surface area contributed by atoms with Crippen LogP contribution in [0.4, 0.5) is 4.39 Å². The Balaban J connectivity index is 2.44. The number of nitrogens with zero attached hydrogens (tertiary/aromatic N) is 1. The van der Waals surface area contributed by atoms with Gasteiger partial charge < -0.3 is 10.7 Å². The number of aromatic nitrogens is 2. The number of benzene rings is 1. The number of halogens is 1. The Morgan fingerprint density at radius 2 is 2.14 bits per heavy atom. The first-order valence-electron chi connectivity index (χ1n) is 4.30. The number of H-pyrrole nitrogens is 1. The molecule has 3 N–H and O–H groups in total. The lowest BCUT2D eigenvalue weighted by atomic mass is 10.1. The molecule has 0 amide bonds. The highest BCUT2D eigenvalue weighted by molar-refractivity contribution is 5.58. The summed E-state index contributed by atoms with van der Waals surface area (Å²) in [5, 5.41) is 0. The van der Waals surface area contributed by atoms with Gasteiger partial charge in [-0.3, -0.25) is 0 Å². The van der Waals surface area contributed by atoms with E-state index in [1.165, 1.54) is 6.07 Å². The Bertz CT molecular complexity index is 436. The van der Waals surface area contributed by atoms with Crippen LogP contribution in [0.2, 0.25) is 0 Å². The van der Waals surface area contributed by atoms with Gasteiger partial charge in [-0.05, 0) is 12.1 Å². The monoisotopic (exact) mass is 191 g/mol. The van der Waals surface area contributed by atoms with E-state index < -0.39 is 0 Å². The van der Waals surface area contributed by atoms with Crippen LogP contribution in [-0.2, 0) is 6.54 Å². The summed E-state index contributed by atoms with van der Waals surface area (Å²) in [5.74, 6) is 0.392. The van der Waals surface area contributed by atoms with Gasteiger partial charge in [-0.25, -0.2) is 9.37 Å². The zero-order chi connectivity index (χ0) is 9.97. The lowest BCUT2D eigenvalue weighted by molar-refractivity contribution is 0.631. The van der Waals surface area contributed by atoms with E-state index in [9.17, 15) is 4.39 Å². The van der Waals surface area contributed by atoms with Gasteiger partial charge >= 0.3 is 0 Å². The number of imidazole rings is 1.